The number of hydrogen-bond acceptors (Lipinski definition) is 3. The van der Waals surface area contributed by atoms with Crippen molar-refractivity contribution in [2.45, 2.75) is 13.0 Å². The molecule has 0 bridgehead atoms. The van der Waals surface area contributed by atoms with Crippen LogP contribution >= 0.6 is 0 Å². The number of benzene rings is 2. The Labute approximate surface area is 112 Å². The second-order valence-electron chi connectivity index (χ2n) is 4.70. The summed E-state index contributed by atoms with van der Waals surface area (Å²) in [6.07, 6.45) is 3.59. The molecule has 1 unspecified atom stereocenters. The molecule has 0 radical (unpaired) electrons. The van der Waals surface area contributed by atoms with Gasteiger partial charge in [-0.3, -0.25) is 0 Å². The molecule has 1 atom stereocenters. The Morgan fingerprint density at radius 3 is 2.37 bits per heavy atom. The van der Waals surface area contributed by atoms with E-state index in [9.17, 15) is 0 Å². The van der Waals surface area contributed by atoms with Gasteiger partial charge in [0, 0.05) is 12.4 Å². The van der Waals surface area contributed by atoms with E-state index in [1.807, 2.05) is 25.1 Å². The van der Waals surface area contributed by atoms with Gasteiger partial charge in [0.05, 0.1) is 6.04 Å². The summed E-state index contributed by atoms with van der Waals surface area (Å²) in [4.78, 5) is 8.60. The molecule has 3 heteroatoms. The molecular formula is C16H15N3. The van der Waals surface area contributed by atoms with Gasteiger partial charge in [-0.25, -0.2) is 9.97 Å². The summed E-state index contributed by atoms with van der Waals surface area (Å²) < 4.78 is 0. The molecule has 0 aliphatic heterocycles. The van der Waals surface area contributed by atoms with Crippen molar-refractivity contribution >= 4 is 10.8 Å². The molecular weight excluding hydrogens is 234 g/mol. The molecule has 19 heavy (non-hydrogen) atoms. The maximum absolute atomic E-state index is 6.23. The molecule has 3 rings (SSSR count). The van der Waals surface area contributed by atoms with E-state index in [-0.39, 0.29) is 6.04 Å². The number of nitrogens with zero attached hydrogens (tertiary/aromatic N) is 2. The average Bonchev–Trinajstić information content (AvgIpc) is 2.47. The second kappa shape index (κ2) is 4.78. The first-order chi connectivity index (χ1) is 9.24. The van der Waals surface area contributed by atoms with E-state index >= 15 is 0 Å². The van der Waals surface area contributed by atoms with E-state index in [4.69, 9.17) is 5.73 Å². The van der Waals surface area contributed by atoms with Crippen molar-refractivity contribution in [1.29, 1.82) is 0 Å². The van der Waals surface area contributed by atoms with E-state index in [1.54, 1.807) is 12.4 Å². The Hall–Kier alpha value is -2.26. The van der Waals surface area contributed by atoms with Crippen LogP contribution in [-0.2, 0) is 0 Å². The molecule has 1 aromatic heterocycles. The lowest BCUT2D eigenvalue weighted by Crippen LogP contribution is -2.15. The first-order valence-corrected chi connectivity index (χ1v) is 6.27. The molecule has 2 aromatic carbocycles. The van der Waals surface area contributed by atoms with Gasteiger partial charge in [-0.2, -0.15) is 0 Å². The SMILES string of the molecule is Cc1cnc(C(N)c2ccc3ccccc3c2)nc1. The normalized spacial score (nSPS) is 12.5. The van der Waals surface area contributed by atoms with Gasteiger partial charge in [0.15, 0.2) is 0 Å². The van der Waals surface area contributed by atoms with Crippen molar-refractivity contribution in [2.75, 3.05) is 0 Å². The highest BCUT2D eigenvalue weighted by Crippen LogP contribution is 2.21. The predicted octanol–water partition coefficient (Wildman–Crippen LogP) is 2.99. The summed E-state index contributed by atoms with van der Waals surface area (Å²) in [5.41, 5.74) is 8.30. The Bertz CT molecular complexity index is 705. The summed E-state index contributed by atoms with van der Waals surface area (Å²) in [5, 5.41) is 2.39. The van der Waals surface area contributed by atoms with Crippen LogP contribution in [0.25, 0.3) is 10.8 Å². The maximum atomic E-state index is 6.23. The van der Waals surface area contributed by atoms with E-state index in [1.165, 1.54) is 10.8 Å². The summed E-state index contributed by atoms with van der Waals surface area (Å²) >= 11 is 0. The Morgan fingerprint density at radius 2 is 1.63 bits per heavy atom. The van der Waals surface area contributed by atoms with E-state index in [2.05, 4.69) is 34.2 Å². The van der Waals surface area contributed by atoms with Crippen LogP contribution in [0.2, 0.25) is 0 Å². The number of nitrogens with two attached hydrogens (primary N) is 1. The smallest absolute Gasteiger partial charge is 0.149 e. The largest absolute Gasteiger partial charge is 0.318 e. The predicted molar refractivity (Wildman–Crippen MR) is 76.7 cm³/mol. The number of hydrogen-bond donors (Lipinski definition) is 1. The monoisotopic (exact) mass is 249 g/mol. The minimum atomic E-state index is -0.287. The first-order valence-electron chi connectivity index (χ1n) is 6.27. The lowest BCUT2D eigenvalue weighted by atomic mass is 10.0. The van der Waals surface area contributed by atoms with Crippen molar-refractivity contribution in [3.05, 3.63) is 71.8 Å². The zero-order chi connectivity index (χ0) is 13.2. The highest BCUT2D eigenvalue weighted by Gasteiger charge is 2.11. The van der Waals surface area contributed by atoms with Crippen molar-refractivity contribution in [3.63, 3.8) is 0 Å². The van der Waals surface area contributed by atoms with Gasteiger partial charge in [0.2, 0.25) is 0 Å². The third-order valence-corrected chi connectivity index (χ3v) is 3.21. The van der Waals surface area contributed by atoms with Crippen LogP contribution < -0.4 is 5.73 Å². The van der Waals surface area contributed by atoms with Crippen LogP contribution in [-0.4, -0.2) is 9.97 Å². The summed E-state index contributed by atoms with van der Waals surface area (Å²) in [6, 6.07) is 14.2. The van der Waals surface area contributed by atoms with Crippen molar-refractivity contribution < 1.29 is 0 Å². The third-order valence-electron chi connectivity index (χ3n) is 3.21. The topological polar surface area (TPSA) is 51.8 Å². The van der Waals surface area contributed by atoms with E-state index < -0.39 is 0 Å². The Kier molecular flexibility index (Phi) is 2.97. The number of aryl methyl sites for hydroxylation is 1. The van der Waals surface area contributed by atoms with Gasteiger partial charge >= 0.3 is 0 Å². The van der Waals surface area contributed by atoms with Gasteiger partial charge in [-0.1, -0.05) is 36.4 Å². The minimum Gasteiger partial charge on any atom is -0.318 e. The third kappa shape index (κ3) is 2.33. The lowest BCUT2D eigenvalue weighted by molar-refractivity contribution is 0.778. The number of rotatable bonds is 2. The van der Waals surface area contributed by atoms with Crippen LogP contribution in [0.3, 0.4) is 0 Å². The number of fused-ring (bicyclic) bond motifs is 1. The van der Waals surface area contributed by atoms with Crippen molar-refractivity contribution in [1.82, 2.24) is 9.97 Å². The van der Waals surface area contributed by atoms with Gasteiger partial charge in [-0.05, 0) is 34.9 Å². The van der Waals surface area contributed by atoms with Crippen molar-refractivity contribution in [2.24, 2.45) is 5.73 Å². The lowest BCUT2D eigenvalue weighted by Gasteiger charge is -2.11. The van der Waals surface area contributed by atoms with Gasteiger partial charge in [-0.15, -0.1) is 0 Å². The van der Waals surface area contributed by atoms with Crippen LogP contribution in [0.1, 0.15) is 23.0 Å². The van der Waals surface area contributed by atoms with E-state index in [0.29, 0.717) is 5.82 Å². The average molecular weight is 249 g/mol. The number of aromatic nitrogens is 2. The zero-order valence-electron chi connectivity index (χ0n) is 10.7. The molecule has 3 nitrogen and oxygen atoms in total. The van der Waals surface area contributed by atoms with Gasteiger partial charge in [0.25, 0.3) is 0 Å². The molecule has 0 spiro atoms. The molecule has 0 saturated heterocycles. The molecule has 94 valence electrons. The molecule has 0 aliphatic rings. The fourth-order valence-corrected chi connectivity index (χ4v) is 2.11. The molecule has 0 aliphatic carbocycles. The molecule has 0 saturated carbocycles. The van der Waals surface area contributed by atoms with Crippen LogP contribution in [0.4, 0.5) is 0 Å². The summed E-state index contributed by atoms with van der Waals surface area (Å²) in [7, 11) is 0. The first kappa shape index (κ1) is 11.8. The van der Waals surface area contributed by atoms with E-state index in [0.717, 1.165) is 11.1 Å². The molecule has 0 amide bonds. The molecule has 0 fully saturated rings. The molecule has 3 aromatic rings. The minimum absolute atomic E-state index is 0.287. The standard InChI is InChI=1S/C16H15N3/c1-11-9-18-16(19-10-11)15(17)14-7-6-12-4-2-3-5-13(12)8-14/h2-10,15H,17H2,1H3. The van der Waals surface area contributed by atoms with Crippen LogP contribution in [0.15, 0.2) is 54.9 Å². The highest BCUT2D eigenvalue weighted by atomic mass is 14.9. The quantitative estimate of drug-likeness (QED) is 0.759. The summed E-state index contributed by atoms with van der Waals surface area (Å²) in [5.74, 6) is 0.654. The fraction of sp³-hybridized carbons (Fsp3) is 0.125. The van der Waals surface area contributed by atoms with Crippen LogP contribution in [0.5, 0.6) is 0 Å². The van der Waals surface area contributed by atoms with Gasteiger partial charge in [0.1, 0.15) is 5.82 Å². The van der Waals surface area contributed by atoms with Crippen molar-refractivity contribution in [3.8, 4) is 0 Å². The highest BCUT2D eigenvalue weighted by molar-refractivity contribution is 5.83. The second-order valence-corrected chi connectivity index (χ2v) is 4.70. The maximum Gasteiger partial charge on any atom is 0.149 e. The zero-order valence-corrected chi connectivity index (χ0v) is 10.7. The summed E-state index contributed by atoms with van der Waals surface area (Å²) in [6.45, 7) is 1.96. The fourth-order valence-electron chi connectivity index (χ4n) is 2.11. The Balaban J connectivity index is 2.01. The molecule has 2 N–H and O–H groups in total. The Morgan fingerprint density at radius 1 is 0.947 bits per heavy atom. The van der Waals surface area contributed by atoms with Gasteiger partial charge < -0.3 is 5.73 Å². The molecule has 1 heterocycles. The van der Waals surface area contributed by atoms with Crippen LogP contribution in [0, 0.1) is 6.92 Å².